The molecular weight excluding hydrogens is 234 g/mol. The lowest BCUT2D eigenvalue weighted by Crippen LogP contribution is -2.01. The van der Waals surface area contributed by atoms with E-state index in [9.17, 15) is 0 Å². The van der Waals surface area contributed by atoms with Gasteiger partial charge in [-0.05, 0) is 37.1 Å². The number of rotatable bonds is 3. The van der Waals surface area contributed by atoms with E-state index in [1.54, 1.807) is 0 Å². The lowest BCUT2D eigenvalue weighted by molar-refractivity contribution is 0.776. The van der Waals surface area contributed by atoms with Crippen LogP contribution in [0.25, 0.3) is 11.0 Å². The van der Waals surface area contributed by atoms with Crippen molar-refractivity contribution in [1.82, 2.24) is 9.55 Å². The van der Waals surface area contributed by atoms with Crippen molar-refractivity contribution in [3.63, 3.8) is 0 Å². The van der Waals surface area contributed by atoms with Gasteiger partial charge >= 0.3 is 0 Å². The van der Waals surface area contributed by atoms with Crippen molar-refractivity contribution in [2.45, 2.75) is 18.9 Å². The molecule has 3 nitrogen and oxygen atoms in total. The molecule has 0 radical (unpaired) electrons. The van der Waals surface area contributed by atoms with Crippen LogP contribution in [0.15, 0.2) is 54.6 Å². The molecule has 1 aromatic heterocycles. The summed E-state index contributed by atoms with van der Waals surface area (Å²) in [6, 6.07) is 19.2. The van der Waals surface area contributed by atoms with Crippen molar-refractivity contribution in [1.29, 1.82) is 0 Å². The number of benzene rings is 2. The van der Waals surface area contributed by atoms with E-state index >= 15 is 0 Å². The van der Waals surface area contributed by atoms with Crippen LogP contribution in [0.5, 0.6) is 0 Å². The van der Waals surface area contributed by atoms with Crippen molar-refractivity contribution in [3.05, 3.63) is 54.6 Å². The van der Waals surface area contributed by atoms with E-state index in [4.69, 9.17) is 4.98 Å². The third-order valence-electron chi connectivity index (χ3n) is 3.54. The molecule has 1 heterocycles. The zero-order chi connectivity index (χ0) is 12.7. The number of anilines is 2. The molecule has 1 aliphatic carbocycles. The number of imidazole rings is 1. The summed E-state index contributed by atoms with van der Waals surface area (Å²) in [5.41, 5.74) is 3.37. The molecule has 0 atom stereocenters. The Labute approximate surface area is 111 Å². The molecule has 1 fully saturated rings. The Morgan fingerprint density at radius 3 is 2.47 bits per heavy atom. The second-order valence-corrected chi connectivity index (χ2v) is 5.02. The molecular formula is C16H15N3. The van der Waals surface area contributed by atoms with Crippen molar-refractivity contribution in [2.24, 2.45) is 0 Å². The van der Waals surface area contributed by atoms with Gasteiger partial charge in [0.1, 0.15) is 0 Å². The van der Waals surface area contributed by atoms with Gasteiger partial charge in [0.15, 0.2) is 0 Å². The van der Waals surface area contributed by atoms with E-state index in [2.05, 4.69) is 40.2 Å². The number of fused-ring (bicyclic) bond motifs is 1. The average Bonchev–Trinajstić information content (AvgIpc) is 3.21. The average molecular weight is 249 g/mol. The van der Waals surface area contributed by atoms with Gasteiger partial charge in [-0.25, -0.2) is 4.98 Å². The normalized spacial score (nSPS) is 14.7. The van der Waals surface area contributed by atoms with Crippen LogP contribution < -0.4 is 5.32 Å². The van der Waals surface area contributed by atoms with E-state index in [-0.39, 0.29) is 0 Å². The molecule has 2 aromatic carbocycles. The minimum absolute atomic E-state index is 0.610. The number of para-hydroxylation sites is 3. The van der Waals surface area contributed by atoms with Crippen LogP contribution in [-0.4, -0.2) is 9.55 Å². The van der Waals surface area contributed by atoms with Crippen LogP contribution >= 0.6 is 0 Å². The van der Waals surface area contributed by atoms with Crippen molar-refractivity contribution in [2.75, 3.05) is 5.32 Å². The van der Waals surface area contributed by atoms with E-state index < -0.39 is 0 Å². The standard InChI is InChI=1S/C16H15N3/c1-2-6-12(7-3-1)17-16-18-14-8-4-5-9-15(14)19(16)13-10-11-13/h1-9,13H,10-11H2,(H,17,18). The Morgan fingerprint density at radius 1 is 0.947 bits per heavy atom. The quantitative estimate of drug-likeness (QED) is 0.756. The van der Waals surface area contributed by atoms with Crippen LogP contribution in [0.4, 0.5) is 11.6 Å². The monoisotopic (exact) mass is 249 g/mol. The second-order valence-electron chi connectivity index (χ2n) is 5.02. The second kappa shape index (κ2) is 4.12. The fourth-order valence-corrected chi connectivity index (χ4v) is 2.49. The maximum Gasteiger partial charge on any atom is 0.208 e. The number of hydrogen-bond donors (Lipinski definition) is 1. The topological polar surface area (TPSA) is 29.9 Å². The lowest BCUT2D eigenvalue weighted by atomic mass is 10.3. The molecule has 3 heteroatoms. The van der Waals surface area contributed by atoms with Gasteiger partial charge in [-0.15, -0.1) is 0 Å². The minimum Gasteiger partial charge on any atom is -0.326 e. The zero-order valence-corrected chi connectivity index (χ0v) is 10.6. The first kappa shape index (κ1) is 10.6. The molecule has 1 aliphatic rings. The molecule has 19 heavy (non-hydrogen) atoms. The molecule has 0 spiro atoms. The summed E-state index contributed by atoms with van der Waals surface area (Å²) >= 11 is 0. The van der Waals surface area contributed by atoms with Crippen LogP contribution in [0.3, 0.4) is 0 Å². The highest BCUT2D eigenvalue weighted by Crippen LogP contribution is 2.40. The van der Waals surface area contributed by atoms with Crippen molar-refractivity contribution >= 4 is 22.7 Å². The van der Waals surface area contributed by atoms with Crippen LogP contribution in [0.1, 0.15) is 18.9 Å². The first-order valence-corrected chi connectivity index (χ1v) is 6.71. The van der Waals surface area contributed by atoms with Crippen LogP contribution in [-0.2, 0) is 0 Å². The molecule has 3 aromatic rings. The van der Waals surface area contributed by atoms with Gasteiger partial charge in [0, 0.05) is 11.7 Å². The van der Waals surface area contributed by atoms with Gasteiger partial charge in [-0.2, -0.15) is 0 Å². The summed E-state index contributed by atoms with van der Waals surface area (Å²) in [7, 11) is 0. The third-order valence-corrected chi connectivity index (χ3v) is 3.54. The third kappa shape index (κ3) is 1.87. The molecule has 94 valence electrons. The van der Waals surface area contributed by atoms with Crippen LogP contribution in [0.2, 0.25) is 0 Å². The molecule has 0 amide bonds. The lowest BCUT2D eigenvalue weighted by Gasteiger charge is -2.09. The van der Waals surface area contributed by atoms with Crippen molar-refractivity contribution in [3.8, 4) is 0 Å². The highest BCUT2D eigenvalue weighted by molar-refractivity contribution is 5.80. The minimum atomic E-state index is 0.610. The highest BCUT2D eigenvalue weighted by Gasteiger charge is 2.28. The molecule has 0 bridgehead atoms. The van der Waals surface area contributed by atoms with E-state index in [0.29, 0.717) is 6.04 Å². The summed E-state index contributed by atoms with van der Waals surface area (Å²) in [6.45, 7) is 0. The number of nitrogens with zero attached hydrogens (tertiary/aromatic N) is 2. The zero-order valence-electron chi connectivity index (χ0n) is 10.6. The van der Waals surface area contributed by atoms with Gasteiger partial charge < -0.3 is 9.88 Å². The Hall–Kier alpha value is -2.29. The molecule has 0 unspecified atom stereocenters. The van der Waals surface area contributed by atoms with Gasteiger partial charge in [0.2, 0.25) is 5.95 Å². The molecule has 0 aliphatic heterocycles. The van der Waals surface area contributed by atoms with E-state index in [1.165, 1.54) is 18.4 Å². The van der Waals surface area contributed by atoms with E-state index in [0.717, 1.165) is 17.2 Å². The Kier molecular flexibility index (Phi) is 2.30. The summed E-state index contributed by atoms with van der Waals surface area (Å²) in [4.78, 5) is 4.72. The SMILES string of the molecule is c1ccc(Nc2nc3ccccc3n2C2CC2)cc1. The summed E-state index contributed by atoms with van der Waals surface area (Å²) in [6.07, 6.45) is 2.51. The first-order chi connectivity index (χ1) is 9.42. The highest BCUT2D eigenvalue weighted by atomic mass is 15.2. The maximum absolute atomic E-state index is 4.72. The maximum atomic E-state index is 4.72. The Bertz CT molecular complexity index is 711. The van der Waals surface area contributed by atoms with Crippen molar-refractivity contribution < 1.29 is 0 Å². The molecule has 1 saturated carbocycles. The Balaban J connectivity index is 1.82. The predicted molar refractivity (Wildman–Crippen MR) is 77.7 cm³/mol. The number of nitrogens with one attached hydrogen (secondary N) is 1. The van der Waals surface area contributed by atoms with Crippen LogP contribution in [0, 0.1) is 0 Å². The summed E-state index contributed by atoms with van der Waals surface area (Å²) in [5, 5.41) is 3.44. The van der Waals surface area contributed by atoms with Gasteiger partial charge in [-0.1, -0.05) is 30.3 Å². The smallest absolute Gasteiger partial charge is 0.208 e. The molecule has 0 saturated heterocycles. The van der Waals surface area contributed by atoms with Gasteiger partial charge in [-0.3, -0.25) is 0 Å². The number of hydrogen-bond acceptors (Lipinski definition) is 2. The first-order valence-electron chi connectivity index (χ1n) is 6.71. The van der Waals surface area contributed by atoms with E-state index in [1.807, 2.05) is 24.3 Å². The predicted octanol–water partition coefficient (Wildman–Crippen LogP) is 4.11. The number of aromatic nitrogens is 2. The molecule has 4 rings (SSSR count). The van der Waals surface area contributed by atoms with Gasteiger partial charge in [0.05, 0.1) is 11.0 Å². The van der Waals surface area contributed by atoms with Gasteiger partial charge in [0.25, 0.3) is 0 Å². The molecule has 1 N–H and O–H groups in total. The largest absolute Gasteiger partial charge is 0.326 e. The Morgan fingerprint density at radius 2 is 1.68 bits per heavy atom. The fraction of sp³-hybridized carbons (Fsp3) is 0.188. The summed E-state index contributed by atoms with van der Waals surface area (Å²) in [5.74, 6) is 0.954. The summed E-state index contributed by atoms with van der Waals surface area (Å²) < 4.78 is 2.34. The fourth-order valence-electron chi connectivity index (χ4n) is 2.49.